The van der Waals surface area contributed by atoms with Crippen molar-refractivity contribution in [1.29, 1.82) is 0 Å². The van der Waals surface area contributed by atoms with Crippen LogP contribution in [0.25, 0.3) is 0 Å². The number of nitro benzene ring substituents is 1. The number of benzene rings is 3. The van der Waals surface area contributed by atoms with Gasteiger partial charge in [0, 0.05) is 35.1 Å². The Hall–Kier alpha value is -3.79. The first-order valence-electron chi connectivity index (χ1n) is 9.57. The van der Waals surface area contributed by atoms with Crippen LogP contribution >= 0.6 is 0 Å². The average Bonchev–Trinajstić information content (AvgIpc) is 2.75. The number of anilines is 2. The summed E-state index contributed by atoms with van der Waals surface area (Å²) in [4.78, 5) is 24.5. The Labute approximate surface area is 184 Å². The van der Waals surface area contributed by atoms with Gasteiger partial charge in [-0.3, -0.25) is 19.6 Å². The lowest BCUT2D eigenvalue weighted by atomic mass is 10.1. The maximum Gasteiger partial charge on any atom is 0.273 e. The number of nitrogens with one attached hydrogen (secondary N) is 1. The van der Waals surface area contributed by atoms with Crippen LogP contribution in [-0.4, -0.2) is 25.8 Å². The van der Waals surface area contributed by atoms with E-state index in [1.165, 1.54) is 72.5 Å². The van der Waals surface area contributed by atoms with Crippen LogP contribution in [0, 0.1) is 22.9 Å². The summed E-state index contributed by atoms with van der Waals surface area (Å²) < 4.78 is 40.8. The van der Waals surface area contributed by atoms with E-state index in [1.807, 2.05) is 0 Å². The van der Waals surface area contributed by atoms with Crippen molar-refractivity contribution in [3.05, 3.63) is 93.8 Å². The van der Waals surface area contributed by atoms with Crippen LogP contribution in [0.5, 0.6) is 0 Å². The van der Waals surface area contributed by atoms with E-state index in [9.17, 15) is 27.7 Å². The predicted molar refractivity (Wildman–Crippen MR) is 119 cm³/mol. The van der Waals surface area contributed by atoms with E-state index in [0.717, 1.165) is 6.07 Å². The smallest absolute Gasteiger partial charge is 0.273 e. The van der Waals surface area contributed by atoms with Crippen molar-refractivity contribution >= 4 is 33.0 Å². The number of carbonyl (C=O) groups excluding carboxylic acids is 1. The third-order valence-electron chi connectivity index (χ3n) is 4.77. The molecular formula is C22H20FN3O5S. The zero-order valence-electron chi connectivity index (χ0n) is 17.3. The van der Waals surface area contributed by atoms with E-state index in [2.05, 4.69) is 4.72 Å². The molecule has 8 nitrogen and oxygen atoms in total. The zero-order chi connectivity index (χ0) is 23.5. The summed E-state index contributed by atoms with van der Waals surface area (Å²) in [6, 6.07) is 14.9. The molecule has 0 spiro atoms. The molecule has 32 heavy (non-hydrogen) atoms. The molecule has 0 bridgehead atoms. The molecule has 0 unspecified atom stereocenters. The minimum atomic E-state index is -4.07. The zero-order valence-corrected chi connectivity index (χ0v) is 18.1. The van der Waals surface area contributed by atoms with Gasteiger partial charge >= 0.3 is 0 Å². The van der Waals surface area contributed by atoms with Crippen LogP contribution in [0.3, 0.4) is 0 Å². The highest BCUT2D eigenvalue weighted by atomic mass is 32.2. The van der Waals surface area contributed by atoms with Gasteiger partial charge in [0.25, 0.3) is 21.6 Å². The molecule has 0 fully saturated rings. The van der Waals surface area contributed by atoms with Crippen molar-refractivity contribution in [2.24, 2.45) is 0 Å². The summed E-state index contributed by atoms with van der Waals surface area (Å²) >= 11 is 0. The van der Waals surface area contributed by atoms with Gasteiger partial charge in [0.15, 0.2) is 0 Å². The van der Waals surface area contributed by atoms with Gasteiger partial charge < -0.3 is 4.90 Å². The third-order valence-corrected chi connectivity index (χ3v) is 6.15. The Morgan fingerprint density at radius 1 is 1.06 bits per heavy atom. The summed E-state index contributed by atoms with van der Waals surface area (Å²) in [5, 5.41) is 11.1. The lowest BCUT2D eigenvalue weighted by Crippen LogP contribution is -2.30. The number of carbonyl (C=O) groups is 1. The summed E-state index contributed by atoms with van der Waals surface area (Å²) in [6.07, 6.45) is 0. The Kier molecular flexibility index (Phi) is 6.54. The molecule has 0 aliphatic heterocycles. The van der Waals surface area contributed by atoms with Gasteiger partial charge in [-0.2, -0.15) is 0 Å². The van der Waals surface area contributed by atoms with Crippen LogP contribution in [0.4, 0.5) is 21.5 Å². The Balaban J connectivity index is 1.80. The molecular weight excluding hydrogens is 437 g/mol. The second-order valence-electron chi connectivity index (χ2n) is 6.91. The quantitative estimate of drug-likeness (QED) is 0.415. The number of hydrogen-bond donors (Lipinski definition) is 1. The standard InChI is InChI=1S/C22H20FN3O5S/c1-3-25(19-11-7-17(23)8-12-19)22(27)16-5-9-18(10-6-16)24-32(30,31)20-13-4-15(2)21(14-20)26(28)29/h4-14,24H,3H2,1-2H3. The number of amides is 1. The van der Waals surface area contributed by atoms with E-state index >= 15 is 0 Å². The van der Waals surface area contributed by atoms with Crippen LogP contribution < -0.4 is 9.62 Å². The molecule has 3 rings (SSSR count). The first-order chi connectivity index (χ1) is 15.1. The average molecular weight is 457 g/mol. The Morgan fingerprint density at radius 2 is 1.69 bits per heavy atom. The second kappa shape index (κ2) is 9.15. The van der Waals surface area contributed by atoms with E-state index in [-0.39, 0.29) is 22.2 Å². The van der Waals surface area contributed by atoms with Gasteiger partial charge in [0.1, 0.15) is 5.82 Å². The molecule has 3 aromatic rings. The fraction of sp³-hybridized carbons (Fsp3) is 0.136. The maximum absolute atomic E-state index is 13.2. The van der Waals surface area contributed by atoms with Gasteiger partial charge in [-0.1, -0.05) is 6.07 Å². The number of hydrogen-bond acceptors (Lipinski definition) is 5. The van der Waals surface area contributed by atoms with Crippen molar-refractivity contribution < 1.29 is 22.5 Å². The van der Waals surface area contributed by atoms with E-state index in [1.54, 1.807) is 6.92 Å². The number of nitrogens with zero attached hydrogens (tertiary/aromatic N) is 2. The minimum absolute atomic E-state index is 0.189. The van der Waals surface area contributed by atoms with E-state index < -0.39 is 20.8 Å². The fourth-order valence-electron chi connectivity index (χ4n) is 3.07. The molecule has 0 saturated heterocycles. The topological polar surface area (TPSA) is 110 Å². The first kappa shape index (κ1) is 22.9. The third kappa shape index (κ3) is 4.92. The molecule has 0 heterocycles. The fourth-order valence-corrected chi connectivity index (χ4v) is 4.15. The van der Waals surface area contributed by atoms with Crippen molar-refractivity contribution in [2.45, 2.75) is 18.7 Å². The Morgan fingerprint density at radius 3 is 2.25 bits per heavy atom. The molecule has 1 amide bonds. The summed E-state index contributed by atoms with van der Waals surface area (Å²) in [7, 11) is -4.07. The van der Waals surface area contributed by atoms with Gasteiger partial charge in [-0.15, -0.1) is 0 Å². The van der Waals surface area contributed by atoms with E-state index in [4.69, 9.17) is 0 Å². The second-order valence-corrected chi connectivity index (χ2v) is 8.60. The van der Waals surface area contributed by atoms with Gasteiger partial charge in [-0.05, 0) is 68.4 Å². The molecule has 0 atom stereocenters. The monoisotopic (exact) mass is 457 g/mol. The van der Waals surface area contributed by atoms with Crippen molar-refractivity contribution in [2.75, 3.05) is 16.2 Å². The summed E-state index contributed by atoms with van der Waals surface area (Å²) in [5.41, 5.74) is 1.08. The molecule has 3 aromatic carbocycles. The van der Waals surface area contributed by atoms with Crippen LogP contribution in [-0.2, 0) is 10.0 Å². The van der Waals surface area contributed by atoms with Crippen molar-refractivity contribution in [3.63, 3.8) is 0 Å². The highest BCUT2D eigenvalue weighted by Crippen LogP contribution is 2.24. The van der Waals surface area contributed by atoms with Gasteiger partial charge in [0.05, 0.1) is 9.82 Å². The predicted octanol–water partition coefficient (Wildman–Crippen LogP) is 4.51. The van der Waals surface area contributed by atoms with E-state index in [0.29, 0.717) is 23.4 Å². The van der Waals surface area contributed by atoms with Gasteiger partial charge in [0.2, 0.25) is 0 Å². The lowest BCUT2D eigenvalue weighted by Gasteiger charge is -2.21. The minimum Gasteiger partial charge on any atom is -0.309 e. The molecule has 0 aromatic heterocycles. The number of nitro groups is 1. The number of aryl methyl sites for hydroxylation is 1. The summed E-state index contributed by atoms with van der Waals surface area (Å²) in [6.45, 7) is 3.65. The number of rotatable bonds is 7. The van der Waals surface area contributed by atoms with Crippen LogP contribution in [0.2, 0.25) is 0 Å². The number of sulfonamides is 1. The molecule has 1 N–H and O–H groups in total. The normalized spacial score (nSPS) is 11.1. The molecule has 0 aliphatic carbocycles. The van der Waals surface area contributed by atoms with Crippen molar-refractivity contribution in [3.8, 4) is 0 Å². The largest absolute Gasteiger partial charge is 0.309 e. The number of halogens is 1. The molecule has 0 radical (unpaired) electrons. The Bertz CT molecular complexity index is 1260. The van der Waals surface area contributed by atoms with Crippen LogP contribution in [0.1, 0.15) is 22.8 Å². The first-order valence-corrected chi connectivity index (χ1v) is 11.1. The van der Waals surface area contributed by atoms with Gasteiger partial charge in [-0.25, -0.2) is 12.8 Å². The highest BCUT2D eigenvalue weighted by Gasteiger charge is 2.21. The lowest BCUT2D eigenvalue weighted by molar-refractivity contribution is -0.385. The highest BCUT2D eigenvalue weighted by molar-refractivity contribution is 7.92. The summed E-state index contributed by atoms with van der Waals surface area (Å²) in [5.74, 6) is -0.740. The molecule has 0 saturated carbocycles. The van der Waals surface area contributed by atoms with Crippen molar-refractivity contribution in [1.82, 2.24) is 0 Å². The van der Waals surface area contributed by atoms with Crippen LogP contribution in [0.15, 0.2) is 71.6 Å². The maximum atomic E-state index is 13.2. The molecule has 166 valence electrons. The SMILES string of the molecule is CCN(C(=O)c1ccc(NS(=O)(=O)c2ccc(C)c([N+](=O)[O-])c2)cc1)c1ccc(F)cc1. The molecule has 10 heteroatoms. The molecule has 0 aliphatic rings.